The van der Waals surface area contributed by atoms with Crippen molar-refractivity contribution in [3.63, 3.8) is 0 Å². The Morgan fingerprint density at radius 3 is 2.26 bits per heavy atom. The van der Waals surface area contributed by atoms with Crippen molar-refractivity contribution in [3.05, 3.63) is 60.2 Å². The van der Waals surface area contributed by atoms with Crippen LogP contribution in [0, 0.1) is 0 Å². The Bertz CT molecular complexity index is 763. The van der Waals surface area contributed by atoms with Gasteiger partial charge in [-0.1, -0.05) is 24.3 Å². The van der Waals surface area contributed by atoms with Crippen molar-refractivity contribution >= 4 is 0 Å². The first kappa shape index (κ1) is 19.6. The monoisotopic (exact) mass is 380 g/mol. The standard InChI is InChI=1S/C19H23F3N4O/c1-14-7-9-25(10-8-14)15(2)18(27,11-26-13-23-12-24-26)16-3-5-17(6-4-16)19(20,21)22/h3-6,12-13,15,27H,1,7-11H2,2H3/t15-,18-/m1/s1. The lowest BCUT2D eigenvalue weighted by molar-refractivity contribution is -0.137. The van der Waals surface area contributed by atoms with Gasteiger partial charge in [0.2, 0.25) is 0 Å². The molecule has 0 unspecified atom stereocenters. The molecule has 1 aromatic carbocycles. The number of likely N-dealkylation sites (tertiary alicyclic amines) is 1. The lowest BCUT2D eigenvalue weighted by Crippen LogP contribution is -2.53. The minimum absolute atomic E-state index is 0.0942. The molecule has 146 valence electrons. The second kappa shape index (κ2) is 7.44. The van der Waals surface area contributed by atoms with Crippen molar-refractivity contribution in [2.75, 3.05) is 13.1 Å². The highest BCUT2D eigenvalue weighted by atomic mass is 19.4. The average molecular weight is 380 g/mol. The number of hydrogen-bond donors (Lipinski definition) is 1. The van der Waals surface area contributed by atoms with E-state index in [1.807, 2.05) is 6.92 Å². The van der Waals surface area contributed by atoms with E-state index in [0.717, 1.165) is 38.1 Å². The summed E-state index contributed by atoms with van der Waals surface area (Å²) in [5.41, 5.74) is -0.566. The molecule has 1 aliphatic heterocycles. The summed E-state index contributed by atoms with van der Waals surface area (Å²) in [6.45, 7) is 7.49. The summed E-state index contributed by atoms with van der Waals surface area (Å²) in [7, 11) is 0. The van der Waals surface area contributed by atoms with Crippen molar-refractivity contribution in [2.24, 2.45) is 0 Å². The molecule has 1 aromatic heterocycles. The van der Waals surface area contributed by atoms with Crippen molar-refractivity contribution in [3.8, 4) is 0 Å². The van der Waals surface area contributed by atoms with E-state index >= 15 is 0 Å². The largest absolute Gasteiger partial charge is 0.416 e. The van der Waals surface area contributed by atoms with Crippen molar-refractivity contribution in [2.45, 2.75) is 44.1 Å². The summed E-state index contributed by atoms with van der Waals surface area (Å²) < 4.78 is 40.2. The summed E-state index contributed by atoms with van der Waals surface area (Å²) in [6.07, 6.45) is 0.122. The van der Waals surface area contributed by atoms with E-state index < -0.39 is 17.3 Å². The normalized spacial score (nSPS) is 19.7. The molecular weight excluding hydrogens is 357 g/mol. The van der Waals surface area contributed by atoms with Gasteiger partial charge in [0.25, 0.3) is 0 Å². The maximum Gasteiger partial charge on any atom is 0.416 e. The van der Waals surface area contributed by atoms with Gasteiger partial charge in [-0.25, -0.2) is 9.67 Å². The van der Waals surface area contributed by atoms with Crippen molar-refractivity contribution < 1.29 is 18.3 Å². The van der Waals surface area contributed by atoms with E-state index in [9.17, 15) is 18.3 Å². The molecule has 0 saturated carbocycles. The quantitative estimate of drug-likeness (QED) is 0.810. The molecule has 1 N–H and O–H groups in total. The molecule has 0 spiro atoms. The predicted molar refractivity (Wildman–Crippen MR) is 94.8 cm³/mol. The van der Waals surface area contributed by atoms with Crippen LogP contribution in [0.3, 0.4) is 0 Å². The maximum absolute atomic E-state index is 12.9. The van der Waals surface area contributed by atoms with Gasteiger partial charge in [-0.2, -0.15) is 18.3 Å². The maximum atomic E-state index is 12.9. The fourth-order valence-electron chi connectivity index (χ4n) is 3.50. The molecule has 2 atom stereocenters. The topological polar surface area (TPSA) is 54.2 Å². The third-order valence-electron chi connectivity index (χ3n) is 5.33. The summed E-state index contributed by atoms with van der Waals surface area (Å²) in [4.78, 5) is 6.04. The molecule has 0 aliphatic carbocycles. The summed E-state index contributed by atoms with van der Waals surface area (Å²) in [5, 5.41) is 15.7. The molecule has 0 amide bonds. The van der Waals surface area contributed by atoms with E-state index in [0.29, 0.717) is 5.56 Å². The van der Waals surface area contributed by atoms with Gasteiger partial charge in [0.15, 0.2) is 0 Å². The van der Waals surface area contributed by atoms with Crippen LogP contribution < -0.4 is 0 Å². The number of rotatable bonds is 5. The van der Waals surface area contributed by atoms with Crippen LogP contribution in [0.5, 0.6) is 0 Å². The zero-order valence-electron chi connectivity index (χ0n) is 15.2. The summed E-state index contributed by atoms with van der Waals surface area (Å²) in [6, 6.07) is 4.38. The molecule has 5 nitrogen and oxygen atoms in total. The zero-order valence-corrected chi connectivity index (χ0v) is 15.2. The van der Waals surface area contributed by atoms with Gasteiger partial charge in [0.1, 0.15) is 18.3 Å². The van der Waals surface area contributed by atoms with E-state index in [-0.39, 0.29) is 12.6 Å². The molecule has 8 heteroatoms. The van der Waals surface area contributed by atoms with Gasteiger partial charge in [-0.05, 0) is 37.5 Å². The van der Waals surface area contributed by atoms with Crippen LogP contribution in [-0.4, -0.2) is 43.9 Å². The van der Waals surface area contributed by atoms with Gasteiger partial charge in [-0.15, -0.1) is 0 Å². The van der Waals surface area contributed by atoms with Gasteiger partial charge in [-0.3, -0.25) is 4.90 Å². The lowest BCUT2D eigenvalue weighted by Gasteiger charge is -2.43. The number of aromatic nitrogens is 3. The van der Waals surface area contributed by atoms with E-state index in [1.165, 1.54) is 35.0 Å². The number of piperidine rings is 1. The number of benzene rings is 1. The second-order valence-electron chi connectivity index (χ2n) is 7.05. The van der Waals surface area contributed by atoms with Gasteiger partial charge < -0.3 is 5.11 Å². The Kier molecular flexibility index (Phi) is 5.39. The van der Waals surface area contributed by atoms with E-state index in [1.54, 1.807) is 0 Å². The van der Waals surface area contributed by atoms with Crippen LogP contribution >= 0.6 is 0 Å². The Balaban J connectivity index is 1.93. The van der Waals surface area contributed by atoms with Crippen LogP contribution in [0.1, 0.15) is 30.9 Å². The first-order valence-electron chi connectivity index (χ1n) is 8.83. The van der Waals surface area contributed by atoms with Gasteiger partial charge >= 0.3 is 6.18 Å². The Hall–Kier alpha value is -2.19. The van der Waals surface area contributed by atoms with Crippen molar-refractivity contribution in [1.29, 1.82) is 0 Å². The SMILES string of the molecule is C=C1CCN([C@H](C)[C@](O)(Cn2cncn2)c2ccc(C(F)(F)F)cc2)CC1. The van der Waals surface area contributed by atoms with Crippen LogP contribution in [0.2, 0.25) is 0 Å². The second-order valence-corrected chi connectivity index (χ2v) is 7.05. The van der Waals surface area contributed by atoms with Crippen LogP contribution in [-0.2, 0) is 18.3 Å². The minimum atomic E-state index is -4.42. The number of aliphatic hydroxyl groups is 1. The molecule has 0 radical (unpaired) electrons. The first-order chi connectivity index (χ1) is 12.7. The smallest absolute Gasteiger partial charge is 0.382 e. The summed E-state index contributed by atoms with van der Waals surface area (Å²) in [5.74, 6) is 0. The number of hydrogen-bond acceptors (Lipinski definition) is 4. The zero-order chi connectivity index (χ0) is 19.7. The molecule has 1 fully saturated rings. The Morgan fingerprint density at radius 2 is 1.74 bits per heavy atom. The predicted octanol–water partition coefficient (Wildman–Crippen LogP) is 3.23. The fourth-order valence-corrected chi connectivity index (χ4v) is 3.50. The highest BCUT2D eigenvalue weighted by Crippen LogP contribution is 2.35. The van der Waals surface area contributed by atoms with Crippen LogP contribution in [0.25, 0.3) is 0 Å². The highest BCUT2D eigenvalue weighted by molar-refractivity contribution is 5.30. The first-order valence-corrected chi connectivity index (χ1v) is 8.83. The van der Waals surface area contributed by atoms with E-state index in [2.05, 4.69) is 21.6 Å². The van der Waals surface area contributed by atoms with Gasteiger partial charge in [0, 0.05) is 19.1 Å². The number of nitrogens with zero attached hydrogens (tertiary/aromatic N) is 4. The third-order valence-corrected chi connectivity index (χ3v) is 5.33. The number of alkyl halides is 3. The number of halogens is 3. The van der Waals surface area contributed by atoms with Crippen molar-refractivity contribution in [1.82, 2.24) is 19.7 Å². The van der Waals surface area contributed by atoms with Gasteiger partial charge in [0.05, 0.1) is 12.1 Å². The lowest BCUT2D eigenvalue weighted by atomic mass is 9.84. The molecular formula is C19H23F3N4O. The third kappa shape index (κ3) is 4.22. The Morgan fingerprint density at radius 1 is 1.15 bits per heavy atom. The molecule has 0 bridgehead atoms. The molecule has 2 aromatic rings. The molecule has 1 saturated heterocycles. The molecule has 3 rings (SSSR count). The highest BCUT2D eigenvalue weighted by Gasteiger charge is 2.41. The Labute approximate surface area is 156 Å². The average Bonchev–Trinajstić information content (AvgIpc) is 3.14. The molecule has 27 heavy (non-hydrogen) atoms. The van der Waals surface area contributed by atoms with E-state index in [4.69, 9.17) is 0 Å². The molecule has 2 heterocycles. The van der Waals surface area contributed by atoms with Crippen LogP contribution in [0.15, 0.2) is 49.1 Å². The minimum Gasteiger partial charge on any atom is -0.382 e. The van der Waals surface area contributed by atoms with Crippen LogP contribution in [0.4, 0.5) is 13.2 Å². The fraction of sp³-hybridized carbons (Fsp3) is 0.474. The summed E-state index contributed by atoms with van der Waals surface area (Å²) >= 11 is 0. The molecule has 1 aliphatic rings.